The van der Waals surface area contributed by atoms with E-state index >= 15 is 0 Å². The van der Waals surface area contributed by atoms with Crippen LogP contribution in [0.5, 0.6) is 11.6 Å². The highest BCUT2D eigenvalue weighted by Gasteiger charge is 2.29. The molecule has 30 heavy (non-hydrogen) atoms. The number of hydrogen-bond donors (Lipinski definition) is 2. The van der Waals surface area contributed by atoms with Gasteiger partial charge in [0.05, 0.1) is 6.54 Å². The molecule has 1 unspecified atom stereocenters. The largest absolute Gasteiger partial charge is 0.489 e. The van der Waals surface area contributed by atoms with Crippen molar-refractivity contribution in [1.29, 1.82) is 0 Å². The Kier molecular flexibility index (Phi) is 10.6. The van der Waals surface area contributed by atoms with E-state index in [1.54, 1.807) is 19.2 Å². The van der Waals surface area contributed by atoms with E-state index in [4.69, 9.17) is 9.47 Å². The SMILES string of the molecule is CN=C(NCc1cccnc1OCC(F)(F)F)NCC(C)Oc1ccc(F)cc1.I. The van der Waals surface area contributed by atoms with E-state index < -0.39 is 12.8 Å². The number of halogens is 5. The van der Waals surface area contributed by atoms with E-state index in [0.717, 1.165) is 0 Å². The molecule has 1 aromatic heterocycles. The Labute approximate surface area is 189 Å². The third-order valence-electron chi connectivity index (χ3n) is 3.60. The van der Waals surface area contributed by atoms with Gasteiger partial charge in [0.1, 0.15) is 17.7 Å². The number of nitrogens with zero attached hydrogens (tertiary/aromatic N) is 2. The summed E-state index contributed by atoms with van der Waals surface area (Å²) in [6, 6.07) is 8.89. The zero-order chi connectivity index (χ0) is 21.3. The molecule has 0 fully saturated rings. The summed E-state index contributed by atoms with van der Waals surface area (Å²) in [4.78, 5) is 7.90. The van der Waals surface area contributed by atoms with Gasteiger partial charge in [0.2, 0.25) is 5.88 Å². The summed E-state index contributed by atoms with van der Waals surface area (Å²) >= 11 is 0. The molecule has 6 nitrogen and oxygen atoms in total. The standard InChI is InChI=1S/C19H22F4N4O2.HI/c1-13(29-16-7-5-15(20)6-8-16)10-26-18(24-2)27-11-14-4-3-9-25-17(14)28-12-19(21,22)23;/h3-9,13H,10-12H2,1-2H3,(H2,24,26,27);1H. The van der Waals surface area contributed by atoms with Crippen LogP contribution >= 0.6 is 24.0 Å². The first-order valence-electron chi connectivity index (χ1n) is 8.77. The highest BCUT2D eigenvalue weighted by molar-refractivity contribution is 14.0. The number of ether oxygens (including phenoxy) is 2. The predicted molar refractivity (Wildman–Crippen MR) is 116 cm³/mol. The Morgan fingerprint density at radius 3 is 2.50 bits per heavy atom. The van der Waals surface area contributed by atoms with E-state index in [1.807, 2.05) is 6.92 Å². The third kappa shape index (κ3) is 9.46. The van der Waals surface area contributed by atoms with Gasteiger partial charge in [-0.25, -0.2) is 9.37 Å². The Bertz CT molecular complexity index is 804. The molecule has 0 bridgehead atoms. The monoisotopic (exact) mass is 542 g/mol. The first-order chi connectivity index (χ1) is 13.8. The molecule has 0 saturated heterocycles. The van der Waals surface area contributed by atoms with Gasteiger partial charge in [-0.2, -0.15) is 13.2 Å². The molecular formula is C19H23F4IN4O2. The van der Waals surface area contributed by atoms with E-state index in [-0.39, 0.29) is 48.3 Å². The van der Waals surface area contributed by atoms with Crippen LogP contribution in [-0.2, 0) is 6.54 Å². The van der Waals surface area contributed by atoms with Crippen molar-refractivity contribution in [3.05, 3.63) is 54.0 Å². The van der Waals surface area contributed by atoms with Crippen LogP contribution < -0.4 is 20.1 Å². The molecule has 1 aromatic carbocycles. The second kappa shape index (κ2) is 12.4. The summed E-state index contributed by atoms with van der Waals surface area (Å²) in [5.41, 5.74) is 0.454. The summed E-state index contributed by atoms with van der Waals surface area (Å²) in [6.07, 6.45) is -3.33. The van der Waals surface area contributed by atoms with E-state index in [2.05, 4.69) is 20.6 Å². The quantitative estimate of drug-likeness (QED) is 0.229. The Morgan fingerprint density at radius 1 is 1.17 bits per heavy atom. The molecule has 0 saturated carbocycles. The maximum Gasteiger partial charge on any atom is 0.422 e. The number of alkyl halides is 3. The Balaban J connectivity index is 0.00000450. The Morgan fingerprint density at radius 2 is 1.87 bits per heavy atom. The minimum absolute atomic E-state index is 0. The second-order valence-electron chi connectivity index (χ2n) is 6.06. The Hall–Kier alpha value is -2.31. The second-order valence-corrected chi connectivity index (χ2v) is 6.06. The smallest absolute Gasteiger partial charge is 0.422 e. The van der Waals surface area contributed by atoms with Gasteiger partial charge in [-0.1, -0.05) is 6.07 Å². The molecule has 0 spiro atoms. The van der Waals surface area contributed by atoms with Crippen molar-refractivity contribution < 1.29 is 27.0 Å². The zero-order valence-corrected chi connectivity index (χ0v) is 18.7. The van der Waals surface area contributed by atoms with E-state index in [0.29, 0.717) is 23.8 Å². The van der Waals surface area contributed by atoms with Crippen LogP contribution in [0.3, 0.4) is 0 Å². The van der Waals surface area contributed by atoms with Gasteiger partial charge in [-0.15, -0.1) is 24.0 Å². The molecule has 2 rings (SSSR count). The van der Waals surface area contributed by atoms with Crippen LogP contribution in [0, 0.1) is 5.82 Å². The molecule has 2 N–H and O–H groups in total. The normalized spacial score (nSPS) is 12.5. The van der Waals surface area contributed by atoms with Crippen molar-refractivity contribution >= 4 is 29.9 Å². The summed E-state index contributed by atoms with van der Waals surface area (Å²) in [5.74, 6) is 0.512. The van der Waals surface area contributed by atoms with Crippen molar-refractivity contribution in [2.45, 2.75) is 25.7 Å². The predicted octanol–water partition coefficient (Wildman–Crippen LogP) is 3.91. The van der Waals surface area contributed by atoms with E-state index in [1.165, 1.54) is 30.5 Å². The average Bonchev–Trinajstić information content (AvgIpc) is 2.68. The summed E-state index contributed by atoms with van der Waals surface area (Å²) in [5, 5.41) is 6.03. The van der Waals surface area contributed by atoms with Crippen molar-refractivity contribution in [1.82, 2.24) is 15.6 Å². The number of benzene rings is 1. The van der Waals surface area contributed by atoms with Gasteiger partial charge < -0.3 is 20.1 Å². The van der Waals surface area contributed by atoms with Gasteiger partial charge in [-0.05, 0) is 37.3 Å². The molecule has 166 valence electrons. The van der Waals surface area contributed by atoms with Crippen molar-refractivity contribution in [2.75, 3.05) is 20.2 Å². The first kappa shape index (κ1) is 25.7. The topological polar surface area (TPSA) is 67.8 Å². The molecular weight excluding hydrogens is 519 g/mol. The highest BCUT2D eigenvalue weighted by Crippen LogP contribution is 2.19. The summed E-state index contributed by atoms with van der Waals surface area (Å²) < 4.78 is 60.4. The maximum absolute atomic E-state index is 12.9. The van der Waals surface area contributed by atoms with Crippen LogP contribution in [-0.4, -0.2) is 43.4 Å². The summed E-state index contributed by atoms with van der Waals surface area (Å²) in [6.45, 7) is 0.964. The van der Waals surface area contributed by atoms with Crippen LogP contribution in [0.1, 0.15) is 12.5 Å². The molecule has 0 aliphatic heterocycles. The molecule has 1 heterocycles. The maximum atomic E-state index is 12.9. The molecule has 0 aliphatic rings. The van der Waals surface area contributed by atoms with E-state index in [9.17, 15) is 17.6 Å². The number of pyridine rings is 1. The van der Waals surface area contributed by atoms with Crippen molar-refractivity contribution in [3.63, 3.8) is 0 Å². The van der Waals surface area contributed by atoms with Gasteiger partial charge in [0, 0.05) is 25.4 Å². The zero-order valence-electron chi connectivity index (χ0n) is 16.4. The minimum Gasteiger partial charge on any atom is -0.489 e. The molecule has 0 amide bonds. The number of rotatable bonds is 8. The van der Waals surface area contributed by atoms with Gasteiger partial charge in [0.25, 0.3) is 0 Å². The molecule has 1 atom stereocenters. The summed E-state index contributed by atoms with van der Waals surface area (Å²) in [7, 11) is 1.56. The van der Waals surface area contributed by atoms with Crippen molar-refractivity contribution in [3.8, 4) is 11.6 Å². The van der Waals surface area contributed by atoms with Crippen LogP contribution in [0.25, 0.3) is 0 Å². The van der Waals surface area contributed by atoms with Crippen LogP contribution in [0.4, 0.5) is 17.6 Å². The first-order valence-corrected chi connectivity index (χ1v) is 8.77. The van der Waals surface area contributed by atoms with Gasteiger partial charge in [-0.3, -0.25) is 4.99 Å². The van der Waals surface area contributed by atoms with Crippen molar-refractivity contribution in [2.24, 2.45) is 4.99 Å². The number of aliphatic imine (C=N–C) groups is 1. The van der Waals surface area contributed by atoms with Gasteiger partial charge >= 0.3 is 6.18 Å². The molecule has 11 heteroatoms. The number of nitrogens with one attached hydrogen (secondary N) is 2. The lowest BCUT2D eigenvalue weighted by Gasteiger charge is -2.18. The lowest BCUT2D eigenvalue weighted by Crippen LogP contribution is -2.41. The number of aromatic nitrogens is 1. The fourth-order valence-corrected chi connectivity index (χ4v) is 2.27. The number of hydrogen-bond acceptors (Lipinski definition) is 4. The lowest BCUT2D eigenvalue weighted by atomic mass is 10.2. The third-order valence-corrected chi connectivity index (χ3v) is 3.60. The molecule has 0 radical (unpaired) electrons. The lowest BCUT2D eigenvalue weighted by molar-refractivity contribution is -0.154. The molecule has 0 aliphatic carbocycles. The molecule has 2 aromatic rings. The fraction of sp³-hybridized carbons (Fsp3) is 0.368. The highest BCUT2D eigenvalue weighted by atomic mass is 127. The average molecular weight is 542 g/mol. The van der Waals surface area contributed by atoms with Gasteiger partial charge in [0.15, 0.2) is 12.6 Å². The minimum atomic E-state index is -4.44. The number of guanidine groups is 1. The fourth-order valence-electron chi connectivity index (χ4n) is 2.27. The van der Waals surface area contributed by atoms with Crippen LogP contribution in [0.2, 0.25) is 0 Å². The van der Waals surface area contributed by atoms with Crippen LogP contribution in [0.15, 0.2) is 47.6 Å².